The molecule has 0 heteroatoms. The summed E-state index contributed by atoms with van der Waals surface area (Å²) in [5.74, 6) is 0. The molecule has 1 rings (SSSR count). The molecule has 0 aliphatic heterocycles. The predicted octanol–water partition coefficient (Wildman–Crippen LogP) is 5.06. The smallest absolute Gasteiger partial charge is 0.0302 e. The molecule has 0 atom stereocenters. The van der Waals surface area contributed by atoms with Gasteiger partial charge in [0.15, 0.2) is 0 Å². The van der Waals surface area contributed by atoms with Crippen LogP contribution >= 0.6 is 0 Å². The van der Waals surface area contributed by atoms with Gasteiger partial charge in [0.25, 0.3) is 0 Å². The highest BCUT2D eigenvalue weighted by molar-refractivity contribution is 5.33. The van der Waals surface area contributed by atoms with E-state index < -0.39 is 0 Å². The van der Waals surface area contributed by atoms with E-state index in [0.29, 0.717) is 0 Å². The van der Waals surface area contributed by atoms with Gasteiger partial charge in [0.1, 0.15) is 0 Å². The van der Waals surface area contributed by atoms with E-state index in [9.17, 15) is 0 Å². The van der Waals surface area contributed by atoms with E-state index in [-0.39, 0.29) is 0 Å². The molecule has 1 aromatic rings. The Bertz CT molecular complexity index is 238. The highest BCUT2D eigenvalue weighted by Crippen LogP contribution is 2.12. The van der Waals surface area contributed by atoms with E-state index in [2.05, 4.69) is 52.8 Å². The van der Waals surface area contributed by atoms with Crippen molar-refractivity contribution < 1.29 is 0 Å². The zero-order chi connectivity index (χ0) is 11.7. The molecule has 0 N–H and O–H groups in total. The second-order valence-electron chi connectivity index (χ2n) is 4.08. The monoisotopic (exact) mass is 206 g/mol. The summed E-state index contributed by atoms with van der Waals surface area (Å²) in [6.45, 7) is 11.0. The molecule has 0 spiro atoms. The van der Waals surface area contributed by atoms with Crippen LogP contribution in [0.4, 0.5) is 0 Å². The van der Waals surface area contributed by atoms with Crippen LogP contribution in [-0.4, -0.2) is 0 Å². The van der Waals surface area contributed by atoms with Crippen molar-refractivity contribution in [2.45, 2.75) is 60.3 Å². The Morgan fingerprint density at radius 1 is 0.867 bits per heavy atom. The Balaban J connectivity index is 0.000000336. The van der Waals surface area contributed by atoms with Gasteiger partial charge in [-0.15, -0.1) is 0 Å². The normalized spacial score (nSPS) is 9.40. The van der Waals surface area contributed by atoms with Crippen LogP contribution in [0.5, 0.6) is 0 Å². The van der Waals surface area contributed by atoms with E-state index in [4.69, 9.17) is 0 Å². The Labute approximate surface area is 95.7 Å². The molecule has 0 aliphatic rings. The molecule has 0 amide bonds. The standard InChI is InChI=1S/C10H14.C5H12/c1-4-10-8(2)6-5-7-9(10)3;1-3-5-4-2/h5-7H,4H2,1-3H3;3-5H2,1-2H3. The molecule has 1 aromatic carbocycles. The van der Waals surface area contributed by atoms with Gasteiger partial charge < -0.3 is 0 Å². The topological polar surface area (TPSA) is 0 Å². The molecule has 0 saturated heterocycles. The first kappa shape index (κ1) is 14.2. The lowest BCUT2D eigenvalue weighted by atomic mass is 10.0. The van der Waals surface area contributed by atoms with E-state index in [1.807, 2.05) is 0 Å². The van der Waals surface area contributed by atoms with Crippen LogP contribution in [0.25, 0.3) is 0 Å². The van der Waals surface area contributed by atoms with Crippen molar-refractivity contribution in [2.24, 2.45) is 0 Å². The summed E-state index contributed by atoms with van der Waals surface area (Å²) in [4.78, 5) is 0. The van der Waals surface area contributed by atoms with E-state index >= 15 is 0 Å². The summed E-state index contributed by atoms with van der Waals surface area (Å²) in [6.07, 6.45) is 5.23. The molecule has 0 aliphatic carbocycles. The molecule has 0 radical (unpaired) electrons. The summed E-state index contributed by atoms with van der Waals surface area (Å²) < 4.78 is 0. The van der Waals surface area contributed by atoms with Crippen molar-refractivity contribution in [3.8, 4) is 0 Å². The summed E-state index contributed by atoms with van der Waals surface area (Å²) in [7, 11) is 0. The van der Waals surface area contributed by atoms with E-state index in [0.717, 1.165) is 6.42 Å². The molecule has 0 aromatic heterocycles. The lowest BCUT2D eigenvalue weighted by Crippen LogP contribution is -1.89. The third-order valence-corrected chi connectivity index (χ3v) is 2.71. The van der Waals surface area contributed by atoms with Crippen molar-refractivity contribution in [2.75, 3.05) is 0 Å². The fourth-order valence-electron chi connectivity index (χ4n) is 1.76. The maximum atomic E-state index is 2.21. The maximum absolute atomic E-state index is 2.21. The average molecular weight is 206 g/mol. The average Bonchev–Trinajstić information content (AvgIpc) is 2.20. The Kier molecular flexibility index (Phi) is 8.08. The largest absolute Gasteiger partial charge is 0.0654 e. The molecule has 0 saturated carbocycles. The van der Waals surface area contributed by atoms with Gasteiger partial charge in [-0.25, -0.2) is 0 Å². The van der Waals surface area contributed by atoms with Crippen LogP contribution in [-0.2, 0) is 6.42 Å². The summed E-state index contributed by atoms with van der Waals surface area (Å²) in [5.41, 5.74) is 4.34. The van der Waals surface area contributed by atoms with Crippen LogP contribution < -0.4 is 0 Å². The number of benzene rings is 1. The highest BCUT2D eigenvalue weighted by Gasteiger charge is 1.96. The molecular weight excluding hydrogens is 180 g/mol. The minimum Gasteiger partial charge on any atom is -0.0654 e. The number of hydrogen-bond donors (Lipinski definition) is 0. The third-order valence-electron chi connectivity index (χ3n) is 2.71. The van der Waals surface area contributed by atoms with Gasteiger partial charge in [0.2, 0.25) is 0 Å². The van der Waals surface area contributed by atoms with Crippen molar-refractivity contribution >= 4 is 0 Å². The van der Waals surface area contributed by atoms with E-state index in [1.165, 1.54) is 36.0 Å². The molecule has 0 unspecified atom stereocenters. The van der Waals surface area contributed by atoms with Crippen molar-refractivity contribution in [1.82, 2.24) is 0 Å². The first-order valence-corrected chi connectivity index (χ1v) is 6.22. The first-order chi connectivity index (χ1) is 7.17. The first-order valence-electron chi connectivity index (χ1n) is 6.22. The van der Waals surface area contributed by atoms with Gasteiger partial charge in [-0.05, 0) is 37.0 Å². The van der Waals surface area contributed by atoms with Crippen LogP contribution in [0, 0.1) is 13.8 Å². The Morgan fingerprint density at radius 2 is 1.33 bits per heavy atom. The van der Waals surface area contributed by atoms with Crippen molar-refractivity contribution in [1.29, 1.82) is 0 Å². The Hall–Kier alpha value is -0.780. The minimum absolute atomic E-state index is 1.15. The third kappa shape index (κ3) is 5.61. The van der Waals surface area contributed by atoms with Crippen LogP contribution in [0.1, 0.15) is 56.7 Å². The summed E-state index contributed by atoms with van der Waals surface area (Å²) >= 11 is 0. The summed E-state index contributed by atoms with van der Waals surface area (Å²) in [5, 5.41) is 0. The molecule has 0 nitrogen and oxygen atoms in total. The van der Waals surface area contributed by atoms with Gasteiger partial charge >= 0.3 is 0 Å². The zero-order valence-electron chi connectivity index (χ0n) is 11.1. The second-order valence-corrected chi connectivity index (χ2v) is 4.08. The van der Waals surface area contributed by atoms with Gasteiger partial charge in [-0.3, -0.25) is 0 Å². The zero-order valence-corrected chi connectivity index (χ0v) is 11.1. The van der Waals surface area contributed by atoms with Gasteiger partial charge in [-0.1, -0.05) is 58.2 Å². The Morgan fingerprint density at radius 3 is 1.53 bits per heavy atom. The van der Waals surface area contributed by atoms with Gasteiger partial charge in [0.05, 0.1) is 0 Å². The SMILES string of the molecule is CCCCC.CCc1c(C)cccc1C. The van der Waals surface area contributed by atoms with Crippen molar-refractivity contribution in [3.05, 3.63) is 34.9 Å². The molecule has 0 bridgehead atoms. The van der Waals surface area contributed by atoms with Gasteiger partial charge in [-0.2, -0.15) is 0 Å². The van der Waals surface area contributed by atoms with Crippen LogP contribution in [0.3, 0.4) is 0 Å². The van der Waals surface area contributed by atoms with Gasteiger partial charge in [0, 0.05) is 0 Å². The molecule has 0 fully saturated rings. The highest BCUT2D eigenvalue weighted by atomic mass is 14.0. The predicted molar refractivity (Wildman–Crippen MR) is 70.5 cm³/mol. The number of hydrogen-bond acceptors (Lipinski definition) is 0. The molecular formula is C15H26. The fraction of sp³-hybridized carbons (Fsp3) is 0.600. The van der Waals surface area contributed by atoms with Crippen LogP contribution in [0.15, 0.2) is 18.2 Å². The summed E-state index contributed by atoms with van der Waals surface area (Å²) in [6, 6.07) is 6.46. The van der Waals surface area contributed by atoms with Crippen LogP contribution in [0.2, 0.25) is 0 Å². The van der Waals surface area contributed by atoms with Crippen molar-refractivity contribution in [3.63, 3.8) is 0 Å². The molecule has 15 heavy (non-hydrogen) atoms. The fourth-order valence-corrected chi connectivity index (χ4v) is 1.76. The maximum Gasteiger partial charge on any atom is -0.0302 e. The lowest BCUT2D eigenvalue weighted by molar-refractivity contribution is 0.772. The molecule has 86 valence electrons. The lowest BCUT2D eigenvalue weighted by Gasteiger charge is -2.04. The molecule has 0 heterocycles. The quantitative estimate of drug-likeness (QED) is 0.648. The number of rotatable bonds is 3. The number of unbranched alkanes of at least 4 members (excludes halogenated alkanes) is 2. The second kappa shape index (κ2) is 8.52. The number of aryl methyl sites for hydroxylation is 2. The minimum atomic E-state index is 1.15. The van der Waals surface area contributed by atoms with E-state index in [1.54, 1.807) is 0 Å².